The van der Waals surface area contributed by atoms with E-state index in [0.717, 1.165) is 12.8 Å². The van der Waals surface area contributed by atoms with Crippen molar-refractivity contribution in [2.75, 3.05) is 19.7 Å². The minimum absolute atomic E-state index is 0.0940. The fourth-order valence-corrected chi connectivity index (χ4v) is 3.57. The molecule has 2 atom stereocenters. The molecule has 2 aliphatic rings. The average molecular weight is 294 g/mol. The molecule has 6 nitrogen and oxygen atoms in total. The Morgan fingerprint density at radius 1 is 1.57 bits per heavy atom. The van der Waals surface area contributed by atoms with Crippen molar-refractivity contribution in [1.82, 2.24) is 10.1 Å². The fraction of sp³-hybridized carbons (Fsp3) is 0.733. The second-order valence-electron chi connectivity index (χ2n) is 6.04. The highest BCUT2D eigenvalue weighted by molar-refractivity contribution is 5.92. The maximum Gasteiger partial charge on any atom is 0.276 e. The van der Waals surface area contributed by atoms with Crippen LogP contribution in [0.2, 0.25) is 0 Å². The summed E-state index contributed by atoms with van der Waals surface area (Å²) in [5.41, 5.74) is 0.200. The molecule has 21 heavy (non-hydrogen) atoms. The lowest BCUT2D eigenvalue weighted by Gasteiger charge is -2.56. The topological polar surface area (TPSA) is 75.8 Å². The molecule has 1 aromatic heterocycles. The van der Waals surface area contributed by atoms with Gasteiger partial charge in [0.05, 0.1) is 12.2 Å². The van der Waals surface area contributed by atoms with Crippen molar-refractivity contribution in [3.05, 3.63) is 17.5 Å². The largest absolute Gasteiger partial charge is 0.392 e. The lowest BCUT2D eigenvalue weighted by molar-refractivity contribution is -0.207. The molecule has 1 aliphatic carbocycles. The highest BCUT2D eigenvalue weighted by Crippen LogP contribution is 2.51. The van der Waals surface area contributed by atoms with Crippen LogP contribution in [0.1, 0.15) is 42.4 Å². The summed E-state index contributed by atoms with van der Waals surface area (Å²) in [5, 5.41) is 13.9. The molecule has 3 rings (SSSR count). The Labute approximate surface area is 124 Å². The molecule has 116 valence electrons. The number of aliphatic hydroxyl groups excluding tert-OH is 1. The number of likely N-dealkylation sites (tertiary alicyclic amines) is 1. The van der Waals surface area contributed by atoms with Gasteiger partial charge < -0.3 is 19.3 Å². The summed E-state index contributed by atoms with van der Waals surface area (Å²) >= 11 is 0. The molecule has 2 fully saturated rings. The van der Waals surface area contributed by atoms with Crippen LogP contribution in [0.4, 0.5) is 0 Å². The van der Waals surface area contributed by atoms with Crippen molar-refractivity contribution in [1.29, 1.82) is 0 Å². The van der Waals surface area contributed by atoms with Crippen LogP contribution in [-0.4, -0.2) is 53.0 Å². The van der Waals surface area contributed by atoms with E-state index in [1.165, 1.54) is 0 Å². The molecule has 1 saturated carbocycles. The monoisotopic (exact) mass is 294 g/mol. The number of piperidine rings is 1. The Hall–Kier alpha value is -1.40. The molecule has 0 bridgehead atoms. The zero-order valence-electron chi connectivity index (χ0n) is 12.5. The molecule has 1 spiro atoms. The van der Waals surface area contributed by atoms with Gasteiger partial charge in [0.1, 0.15) is 5.76 Å². The quantitative estimate of drug-likeness (QED) is 0.911. The molecular weight excluding hydrogens is 272 g/mol. The van der Waals surface area contributed by atoms with Crippen LogP contribution in [0.3, 0.4) is 0 Å². The summed E-state index contributed by atoms with van der Waals surface area (Å²) in [7, 11) is 0. The minimum atomic E-state index is -0.305. The molecule has 1 aliphatic heterocycles. The van der Waals surface area contributed by atoms with Gasteiger partial charge in [-0.1, -0.05) is 5.16 Å². The van der Waals surface area contributed by atoms with Crippen molar-refractivity contribution < 1.29 is 19.2 Å². The van der Waals surface area contributed by atoms with Crippen LogP contribution in [0.15, 0.2) is 10.6 Å². The fourth-order valence-electron chi connectivity index (χ4n) is 3.57. The number of nitrogens with zero attached hydrogens (tertiary/aromatic N) is 2. The number of rotatable bonds is 3. The first kappa shape index (κ1) is 14.5. The predicted molar refractivity (Wildman–Crippen MR) is 74.8 cm³/mol. The van der Waals surface area contributed by atoms with Crippen molar-refractivity contribution in [2.24, 2.45) is 5.41 Å². The number of aryl methyl sites for hydroxylation is 1. The molecule has 0 radical (unpaired) electrons. The van der Waals surface area contributed by atoms with E-state index in [4.69, 9.17) is 9.26 Å². The van der Waals surface area contributed by atoms with Gasteiger partial charge in [-0.2, -0.15) is 0 Å². The third kappa shape index (κ3) is 2.36. The van der Waals surface area contributed by atoms with Crippen LogP contribution in [0.25, 0.3) is 0 Å². The van der Waals surface area contributed by atoms with Gasteiger partial charge >= 0.3 is 0 Å². The van der Waals surface area contributed by atoms with E-state index >= 15 is 0 Å². The molecule has 0 unspecified atom stereocenters. The van der Waals surface area contributed by atoms with Gasteiger partial charge in [-0.25, -0.2) is 0 Å². The van der Waals surface area contributed by atoms with E-state index < -0.39 is 0 Å². The Morgan fingerprint density at radius 3 is 2.81 bits per heavy atom. The summed E-state index contributed by atoms with van der Waals surface area (Å²) in [6.07, 6.45) is 2.09. The van der Waals surface area contributed by atoms with E-state index in [-0.39, 0.29) is 23.5 Å². The number of hydrogen-bond acceptors (Lipinski definition) is 5. The smallest absolute Gasteiger partial charge is 0.276 e. The van der Waals surface area contributed by atoms with Crippen molar-refractivity contribution in [3.63, 3.8) is 0 Å². The lowest BCUT2D eigenvalue weighted by atomic mass is 9.58. The summed E-state index contributed by atoms with van der Waals surface area (Å²) in [6.45, 7) is 5.67. The predicted octanol–water partition coefficient (Wildman–Crippen LogP) is 1.38. The Balaban J connectivity index is 1.63. The Morgan fingerprint density at radius 2 is 2.29 bits per heavy atom. The zero-order valence-corrected chi connectivity index (χ0v) is 12.5. The summed E-state index contributed by atoms with van der Waals surface area (Å²) in [5.74, 6) is 0.543. The molecule has 1 aromatic rings. The molecular formula is C15H22N2O4. The average Bonchev–Trinajstić information content (AvgIpc) is 2.93. The van der Waals surface area contributed by atoms with Crippen LogP contribution in [0.5, 0.6) is 0 Å². The summed E-state index contributed by atoms with van der Waals surface area (Å²) < 4.78 is 10.7. The van der Waals surface area contributed by atoms with Crippen LogP contribution < -0.4 is 0 Å². The number of aliphatic hydroxyl groups is 1. The summed E-state index contributed by atoms with van der Waals surface area (Å²) in [6, 6.07) is 1.66. The number of amides is 1. The molecule has 1 amide bonds. The molecule has 1 saturated heterocycles. The van der Waals surface area contributed by atoms with Gasteiger partial charge in [0, 0.05) is 37.6 Å². The third-order valence-corrected chi connectivity index (χ3v) is 4.94. The van der Waals surface area contributed by atoms with Gasteiger partial charge in [-0.3, -0.25) is 4.79 Å². The summed E-state index contributed by atoms with van der Waals surface area (Å²) in [4.78, 5) is 14.1. The second-order valence-corrected chi connectivity index (χ2v) is 6.04. The molecule has 1 N–H and O–H groups in total. The first-order chi connectivity index (χ1) is 10.1. The van der Waals surface area contributed by atoms with E-state index in [0.29, 0.717) is 37.6 Å². The number of aromatic nitrogens is 1. The second kappa shape index (κ2) is 5.42. The van der Waals surface area contributed by atoms with Crippen LogP contribution >= 0.6 is 0 Å². The minimum Gasteiger partial charge on any atom is -0.392 e. The molecule has 6 heteroatoms. The van der Waals surface area contributed by atoms with Gasteiger partial charge in [0.2, 0.25) is 0 Å². The maximum absolute atomic E-state index is 12.3. The van der Waals surface area contributed by atoms with Gasteiger partial charge in [-0.05, 0) is 26.7 Å². The Bertz CT molecular complexity index is 517. The molecule has 2 heterocycles. The van der Waals surface area contributed by atoms with E-state index in [1.54, 1.807) is 17.9 Å². The van der Waals surface area contributed by atoms with Crippen molar-refractivity contribution in [2.45, 2.75) is 45.3 Å². The van der Waals surface area contributed by atoms with Gasteiger partial charge in [-0.15, -0.1) is 0 Å². The van der Waals surface area contributed by atoms with Crippen LogP contribution in [0, 0.1) is 12.3 Å². The maximum atomic E-state index is 12.3. The van der Waals surface area contributed by atoms with Gasteiger partial charge in [0.15, 0.2) is 5.69 Å². The normalized spacial score (nSPS) is 27.7. The SMILES string of the molecule is CCO[C@H]1C[C@@H](O)C12CCN(C(=O)c1cc(C)on1)CC2. The number of ether oxygens (including phenoxy) is 1. The van der Waals surface area contributed by atoms with Crippen molar-refractivity contribution in [3.8, 4) is 0 Å². The lowest BCUT2D eigenvalue weighted by Crippen LogP contribution is -2.62. The first-order valence-electron chi connectivity index (χ1n) is 7.59. The number of carbonyl (C=O) groups excluding carboxylic acids is 1. The van der Waals surface area contributed by atoms with Crippen LogP contribution in [-0.2, 0) is 4.74 Å². The standard InChI is InChI=1S/C15H22N2O4/c1-3-20-13-9-12(18)15(13)4-6-17(7-5-15)14(19)11-8-10(2)21-16-11/h8,12-13,18H,3-7,9H2,1-2H3/t12-,13+/m1/s1. The van der Waals surface area contributed by atoms with Crippen molar-refractivity contribution >= 4 is 5.91 Å². The van der Waals surface area contributed by atoms with E-state index in [1.807, 2.05) is 6.92 Å². The Kier molecular flexibility index (Phi) is 3.75. The third-order valence-electron chi connectivity index (χ3n) is 4.94. The highest BCUT2D eigenvalue weighted by Gasteiger charge is 2.56. The number of hydrogen-bond donors (Lipinski definition) is 1. The highest BCUT2D eigenvalue weighted by atomic mass is 16.5. The molecule has 0 aromatic carbocycles. The zero-order chi connectivity index (χ0) is 15.0. The van der Waals surface area contributed by atoms with E-state index in [9.17, 15) is 9.90 Å². The first-order valence-corrected chi connectivity index (χ1v) is 7.59. The number of carbonyl (C=O) groups is 1. The van der Waals surface area contributed by atoms with E-state index in [2.05, 4.69) is 5.16 Å². The van der Waals surface area contributed by atoms with Gasteiger partial charge in [0.25, 0.3) is 5.91 Å².